The molecule has 1 amide bonds. The number of carbonyl (C=O) groups is 1. The van der Waals surface area contributed by atoms with Crippen LogP contribution in [-0.2, 0) is 4.79 Å². The molecule has 0 spiro atoms. The van der Waals surface area contributed by atoms with E-state index >= 15 is 0 Å². The summed E-state index contributed by atoms with van der Waals surface area (Å²) in [5, 5.41) is 8.09. The molecule has 0 aliphatic heterocycles. The lowest BCUT2D eigenvalue weighted by molar-refractivity contribution is -0.121. The number of carbonyl (C=O) groups excluding carboxylic acids is 1. The maximum Gasteiger partial charge on any atom is 0.227 e. The van der Waals surface area contributed by atoms with Crippen molar-refractivity contribution < 1.29 is 4.79 Å². The lowest BCUT2D eigenvalue weighted by Crippen LogP contribution is -2.29. The average Bonchev–Trinajstić information content (AvgIpc) is 3.18. The van der Waals surface area contributed by atoms with Gasteiger partial charge in [-0.05, 0) is 61.9 Å². The van der Waals surface area contributed by atoms with E-state index in [0.29, 0.717) is 16.9 Å². The number of amides is 1. The zero-order chi connectivity index (χ0) is 18.8. The maximum absolute atomic E-state index is 12.6. The van der Waals surface area contributed by atoms with Gasteiger partial charge in [-0.15, -0.1) is 0 Å². The molecule has 5 nitrogen and oxygen atoms in total. The van der Waals surface area contributed by atoms with Gasteiger partial charge >= 0.3 is 0 Å². The van der Waals surface area contributed by atoms with Crippen molar-refractivity contribution in [2.45, 2.75) is 38.5 Å². The summed E-state index contributed by atoms with van der Waals surface area (Å²) in [6.45, 7) is 2.04. The molecule has 0 saturated heterocycles. The molecule has 0 radical (unpaired) electrons. The first-order chi connectivity index (χ1) is 13.1. The third kappa shape index (κ3) is 3.83. The van der Waals surface area contributed by atoms with Gasteiger partial charge in [0.25, 0.3) is 0 Å². The van der Waals surface area contributed by atoms with Gasteiger partial charge in [-0.3, -0.25) is 4.79 Å². The average molecular weight is 383 g/mol. The van der Waals surface area contributed by atoms with E-state index in [1.807, 2.05) is 35.8 Å². The van der Waals surface area contributed by atoms with Crippen LogP contribution >= 0.6 is 11.6 Å². The molecule has 0 unspecified atom stereocenters. The predicted octanol–water partition coefficient (Wildman–Crippen LogP) is 4.93. The van der Waals surface area contributed by atoms with Gasteiger partial charge < -0.3 is 5.32 Å². The molecular formula is C21H23ClN4O. The number of hydrogen-bond acceptors (Lipinski definition) is 3. The van der Waals surface area contributed by atoms with E-state index in [0.717, 1.165) is 37.0 Å². The molecule has 27 heavy (non-hydrogen) atoms. The van der Waals surface area contributed by atoms with Crippen molar-refractivity contribution in [2.24, 2.45) is 11.8 Å². The Hall–Kier alpha value is -2.40. The van der Waals surface area contributed by atoms with Crippen LogP contribution in [0.4, 0.5) is 5.69 Å². The van der Waals surface area contributed by atoms with Crippen LogP contribution in [-0.4, -0.2) is 20.5 Å². The highest BCUT2D eigenvalue weighted by Gasteiger charge is 2.30. The molecule has 1 aliphatic rings. The van der Waals surface area contributed by atoms with E-state index in [4.69, 9.17) is 11.6 Å². The van der Waals surface area contributed by atoms with Gasteiger partial charge in [0.05, 0.1) is 6.20 Å². The summed E-state index contributed by atoms with van der Waals surface area (Å²) >= 11 is 5.90. The molecule has 0 bridgehead atoms. The highest BCUT2D eigenvalue weighted by molar-refractivity contribution is 6.30. The Morgan fingerprint density at radius 3 is 2.59 bits per heavy atom. The van der Waals surface area contributed by atoms with Crippen LogP contribution in [0.15, 0.2) is 48.8 Å². The Bertz CT molecular complexity index is 929. The van der Waals surface area contributed by atoms with Crippen LogP contribution in [0.2, 0.25) is 5.02 Å². The lowest BCUT2D eigenvalue weighted by Gasteiger charge is -2.32. The Kier molecular flexibility index (Phi) is 5.12. The fraction of sp³-hybridized carbons (Fsp3) is 0.381. The highest BCUT2D eigenvalue weighted by Crippen LogP contribution is 2.38. The van der Waals surface area contributed by atoms with E-state index in [2.05, 4.69) is 21.5 Å². The van der Waals surface area contributed by atoms with E-state index in [-0.39, 0.29) is 11.8 Å². The Balaban J connectivity index is 1.37. The zero-order valence-electron chi connectivity index (χ0n) is 15.3. The molecule has 1 fully saturated rings. The SMILES string of the molecule is C[C@@H](C(=O)Nc1ccc(Cl)cc1)C1CCC(c2ccnc3ccnn23)CC1. The second-order valence-electron chi connectivity index (χ2n) is 7.37. The summed E-state index contributed by atoms with van der Waals surface area (Å²) in [7, 11) is 0. The zero-order valence-corrected chi connectivity index (χ0v) is 16.1. The third-order valence-electron chi connectivity index (χ3n) is 5.74. The number of rotatable bonds is 4. The molecule has 3 aromatic rings. The van der Waals surface area contributed by atoms with Gasteiger partial charge in [-0.25, -0.2) is 9.50 Å². The summed E-state index contributed by atoms with van der Waals surface area (Å²) in [4.78, 5) is 17.0. The number of nitrogens with zero attached hydrogens (tertiary/aromatic N) is 3. The van der Waals surface area contributed by atoms with Crippen molar-refractivity contribution in [1.82, 2.24) is 14.6 Å². The summed E-state index contributed by atoms with van der Waals surface area (Å²) in [5.41, 5.74) is 2.91. The number of benzene rings is 1. The number of nitrogens with one attached hydrogen (secondary N) is 1. The van der Waals surface area contributed by atoms with Crippen LogP contribution in [0.1, 0.15) is 44.2 Å². The fourth-order valence-electron chi connectivity index (χ4n) is 4.08. The number of aromatic nitrogens is 3. The van der Waals surface area contributed by atoms with E-state index in [1.54, 1.807) is 18.3 Å². The minimum absolute atomic E-state index is 0.0104. The third-order valence-corrected chi connectivity index (χ3v) is 5.99. The van der Waals surface area contributed by atoms with Crippen LogP contribution < -0.4 is 5.32 Å². The summed E-state index contributed by atoms with van der Waals surface area (Å²) < 4.78 is 1.95. The van der Waals surface area contributed by atoms with Gasteiger partial charge in [0.1, 0.15) is 0 Å². The van der Waals surface area contributed by atoms with Gasteiger partial charge in [-0.2, -0.15) is 5.10 Å². The van der Waals surface area contributed by atoms with Crippen molar-refractivity contribution in [3.05, 3.63) is 59.5 Å². The van der Waals surface area contributed by atoms with Crippen molar-refractivity contribution in [3.63, 3.8) is 0 Å². The minimum Gasteiger partial charge on any atom is -0.326 e. The summed E-state index contributed by atoms with van der Waals surface area (Å²) in [6, 6.07) is 11.3. The first-order valence-electron chi connectivity index (χ1n) is 9.47. The standard InChI is InChI=1S/C21H23ClN4O/c1-14(21(27)25-18-8-6-17(22)7-9-18)15-2-4-16(5-3-15)19-10-12-23-20-11-13-24-26(19)20/h6-16H,2-5H2,1H3,(H,25,27)/t14-,15?,16?/m1/s1. The van der Waals surface area contributed by atoms with Crippen molar-refractivity contribution in [1.29, 1.82) is 0 Å². The second kappa shape index (κ2) is 7.69. The van der Waals surface area contributed by atoms with Crippen molar-refractivity contribution in [3.8, 4) is 0 Å². The van der Waals surface area contributed by atoms with Gasteiger partial charge in [-0.1, -0.05) is 18.5 Å². The monoisotopic (exact) mass is 382 g/mol. The predicted molar refractivity (Wildman–Crippen MR) is 107 cm³/mol. The molecule has 1 aliphatic carbocycles. The molecule has 2 aromatic heterocycles. The molecule has 4 rings (SSSR count). The minimum atomic E-state index is -0.0104. The topological polar surface area (TPSA) is 59.3 Å². The Morgan fingerprint density at radius 2 is 1.85 bits per heavy atom. The Labute approximate surface area is 163 Å². The van der Waals surface area contributed by atoms with E-state index < -0.39 is 0 Å². The van der Waals surface area contributed by atoms with E-state index in [9.17, 15) is 4.79 Å². The highest BCUT2D eigenvalue weighted by atomic mass is 35.5. The van der Waals surface area contributed by atoms with Crippen LogP contribution in [0.25, 0.3) is 5.65 Å². The van der Waals surface area contributed by atoms with Crippen molar-refractivity contribution >= 4 is 28.8 Å². The van der Waals surface area contributed by atoms with E-state index in [1.165, 1.54) is 5.69 Å². The number of hydrogen-bond donors (Lipinski definition) is 1. The second-order valence-corrected chi connectivity index (χ2v) is 7.80. The first kappa shape index (κ1) is 18.0. The smallest absolute Gasteiger partial charge is 0.227 e. The number of halogens is 1. The Morgan fingerprint density at radius 1 is 1.11 bits per heavy atom. The molecule has 1 N–H and O–H groups in total. The largest absolute Gasteiger partial charge is 0.326 e. The van der Waals surface area contributed by atoms with Gasteiger partial charge in [0, 0.05) is 40.5 Å². The summed E-state index contributed by atoms with van der Waals surface area (Å²) in [6.07, 6.45) is 7.89. The molecule has 1 aromatic carbocycles. The summed E-state index contributed by atoms with van der Waals surface area (Å²) in [5.74, 6) is 0.949. The van der Waals surface area contributed by atoms with Crippen LogP contribution in [0, 0.1) is 11.8 Å². The van der Waals surface area contributed by atoms with Crippen LogP contribution in [0.5, 0.6) is 0 Å². The van der Waals surface area contributed by atoms with Crippen molar-refractivity contribution in [2.75, 3.05) is 5.32 Å². The molecule has 1 saturated carbocycles. The number of anilines is 1. The molecule has 2 heterocycles. The molecular weight excluding hydrogens is 360 g/mol. The molecule has 1 atom stereocenters. The van der Waals surface area contributed by atoms with Gasteiger partial charge in [0.2, 0.25) is 5.91 Å². The number of fused-ring (bicyclic) bond motifs is 1. The fourth-order valence-corrected chi connectivity index (χ4v) is 4.21. The van der Waals surface area contributed by atoms with Gasteiger partial charge in [0.15, 0.2) is 5.65 Å². The first-order valence-corrected chi connectivity index (χ1v) is 9.84. The maximum atomic E-state index is 12.6. The molecule has 6 heteroatoms. The normalized spacial score (nSPS) is 21.1. The quantitative estimate of drug-likeness (QED) is 0.695. The molecule has 140 valence electrons. The lowest BCUT2D eigenvalue weighted by atomic mass is 9.75. The van der Waals surface area contributed by atoms with Crippen LogP contribution in [0.3, 0.4) is 0 Å².